The number of fused-ring (bicyclic) bond motifs is 3. The number of aromatic hydroxyl groups is 1. The number of hydrogen-bond acceptors (Lipinski definition) is 9. The zero-order valence-electron chi connectivity index (χ0n) is 21.2. The van der Waals surface area contributed by atoms with Gasteiger partial charge in [-0.05, 0) is 81.0 Å². The Morgan fingerprint density at radius 2 is 1.67 bits per heavy atom. The van der Waals surface area contributed by atoms with Gasteiger partial charge in [0.05, 0.1) is 26.7 Å². The van der Waals surface area contributed by atoms with Crippen molar-refractivity contribution in [2.75, 3.05) is 54.8 Å². The molecule has 0 saturated carbocycles. The van der Waals surface area contributed by atoms with Gasteiger partial charge < -0.3 is 39.0 Å². The Labute approximate surface area is 211 Å². The maximum absolute atomic E-state index is 13.2. The molecule has 1 aliphatic carbocycles. The van der Waals surface area contributed by atoms with E-state index in [9.17, 15) is 9.90 Å². The molecule has 1 fully saturated rings. The standard InChI is InChI=1S/C27H34N2O7/c1-29(2)8-6-5-7-28-25-17-12-20-19(35-14-36-20)11-16(17)23(24-18(25)13-34-27(24)31)15-9-21(32-3)26(30)22(10-15)33-4/h9-12,18,23-25,28,30H,5-8,13-14H2,1-4H3. The van der Waals surface area contributed by atoms with E-state index in [0.717, 1.165) is 42.6 Å². The van der Waals surface area contributed by atoms with Crippen LogP contribution in [-0.2, 0) is 9.53 Å². The highest BCUT2D eigenvalue weighted by Gasteiger charge is 2.52. The van der Waals surface area contributed by atoms with Gasteiger partial charge in [-0.15, -0.1) is 0 Å². The number of nitrogens with one attached hydrogen (secondary N) is 1. The highest BCUT2D eigenvalue weighted by Crippen LogP contribution is 2.55. The predicted octanol–water partition coefficient (Wildman–Crippen LogP) is 3.05. The molecule has 0 spiro atoms. The molecule has 0 aromatic heterocycles. The minimum atomic E-state index is -0.406. The van der Waals surface area contributed by atoms with Crippen LogP contribution in [0.5, 0.6) is 28.7 Å². The molecule has 4 unspecified atom stereocenters. The van der Waals surface area contributed by atoms with Crippen LogP contribution in [0.2, 0.25) is 0 Å². The van der Waals surface area contributed by atoms with Crippen LogP contribution in [0.15, 0.2) is 24.3 Å². The van der Waals surface area contributed by atoms with Crippen molar-refractivity contribution in [3.8, 4) is 28.7 Å². The first kappa shape index (κ1) is 24.5. The number of ether oxygens (including phenoxy) is 5. The van der Waals surface area contributed by atoms with E-state index in [1.54, 1.807) is 12.1 Å². The van der Waals surface area contributed by atoms with E-state index in [0.29, 0.717) is 18.1 Å². The summed E-state index contributed by atoms with van der Waals surface area (Å²) in [7, 11) is 7.14. The molecule has 0 amide bonds. The molecular formula is C27H34N2O7. The van der Waals surface area contributed by atoms with E-state index in [2.05, 4.69) is 24.3 Å². The molecule has 2 aromatic carbocycles. The lowest BCUT2D eigenvalue weighted by Gasteiger charge is -2.39. The number of phenolic OH excluding ortho intramolecular Hbond substituents is 1. The Morgan fingerprint density at radius 3 is 2.31 bits per heavy atom. The van der Waals surface area contributed by atoms with Crippen molar-refractivity contribution in [3.05, 3.63) is 41.0 Å². The van der Waals surface area contributed by atoms with Crippen molar-refractivity contribution >= 4 is 5.97 Å². The van der Waals surface area contributed by atoms with Crippen molar-refractivity contribution in [1.29, 1.82) is 0 Å². The number of cyclic esters (lactones) is 1. The van der Waals surface area contributed by atoms with Crippen LogP contribution < -0.4 is 24.3 Å². The first-order valence-corrected chi connectivity index (χ1v) is 12.4. The lowest BCUT2D eigenvalue weighted by molar-refractivity contribution is -0.141. The summed E-state index contributed by atoms with van der Waals surface area (Å²) in [5.74, 6) is 0.844. The Bertz CT molecular complexity index is 1110. The molecule has 1 saturated heterocycles. The summed E-state index contributed by atoms with van der Waals surface area (Å²) in [4.78, 5) is 15.4. The summed E-state index contributed by atoms with van der Waals surface area (Å²) in [6.07, 6.45) is 2.11. The number of nitrogens with zero attached hydrogens (tertiary/aromatic N) is 1. The second-order valence-electron chi connectivity index (χ2n) is 9.85. The van der Waals surface area contributed by atoms with Gasteiger partial charge in [-0.1, -0.05) is 0 Å². The summed E-state index contributed by atoms with van der Waals surface area (Å²) < 4.78 is 27.9. The summed E-state index contributed by atoms with van der Waals surface area (Å²) >= 11 is 0. The Hall–Kier alpha value is -3.17. The SMILES string of the molecule is COc1cc(C2c3cc4c(cc3C(NCCCCN(C)C)C3COC(=O)C23)OCO4)cc(OC)c1O. The van der Waals surface area contributed by atoms with Crippen LogP contribution in [0.4, 0.5) is 0 Å². The van der Waals surface area contributed by atoms with Crippen LogP contribution >= 0.6 is 0 Å². The topological polar surface area (TPSA) is 98.7 Å². The van der Waals surface area contributed by atoms with Gasteiger partial charge in [-0.2, -0.15) is 0 Å². The molecule has 2 heterocycles. The molecule has 0 bridgehead atoms. The lowest BCUT2D eigenvalue weighted by atomic mass is 9.65. The number of methoxy groups -OCH3 is 2. The maximum atomic E-state index is 13.2. The zero-order valence-corrected chi connectivity index (χ0v) is 21.2. The molecule has 194 valence electrons. The van der Waals surface area contributed by atoms with Gasteiger partial charge in [0.2, 0.25) is 12.5 Å². The fraction of sp³-hybridized carbons (Fsp3) is 0.519. The first-order valence-electron chi connectivity index (χ1n) is 12.4. The molecule has 9 nitrogen and oxygen atoms in total. The number of rotatable bonds is 9. The summed E-state index contributed by atoms with van der Waals surface area (Å²) in [6, 6.07) is 7.50. The van der Waals surface area contributed by atoms with Gasteiger partial charge in [0.15, 0.2) is 23.0 Å². The molecule has 2 aromatic rings. The third kappa shape index (κ3) is 4.30. The van der Waals surface area contributed by atoms with Crippen LogP contribution in [-0.4, -0.2) is 70.8 Å². The predicted molar refractivity (Wildman–Crippen MR) is 132 cm³/mol. The third-order valence-corrected chi connectivity index (χ3v) is 7.44. The molecule has 0 radical (unpaired) electrons. The highest BCUT2D eigenvalue weighted by molar-refractivity contribution is 5.79. The number of hydrogen-bond donors (Lipinski definition) is 2. The third-order valence-electron chi connectivity index (χ3n) is 7.44. The smallest absolute Gasteiger partial charge is 0.310 e. The largest absolute Gasteiger partial charge is 0.502 e. The van der Waals surface area contributed by atoms with Crippen LogP contribution in [0.1, 0.15) is 41.5 Å². The van der Waals surface area contributed by atoms with Crippen molar-refractivity contribution in [2.45, 2.75) is 24.8 Å². The number of benzene rings is 2. The van der Waals surface area contributed by atoms with Gasteiger partial charge in [0.1, 0.15) is 0 Å². The fourth-order valence-corrected chi connectivity index (χ4v) is 5.73. The van der Waals surface area contributed by atoms with Crippen molar-refractivity contribution in [3.63, 3.8) is 0 Å². The van der Waals surface area contributed by atoms with E-state index < -0.39 is 5.92 Å². The summed E-state index contributed by atoms with van der Waals surface area (Å²) in [5.41, 5.74) is 2.85. The Balaban J connectivity index is 1.58. The molecule has 36 heavy (non-hydrogen) atoms. The quantitative estimate of drug-likeness (QED) is 0.399. The molecule has 5 rings (SSSR count). The molecule has 2 N–H and O–H groups in total. The van der Waals surface area contributed by atoms with Gasteiger partial charge >= 0.3 is 5.97 Å². The number of phenols is 1. The molecule has 4 atom stereocenters. The molecule has 9 heteroatoms. The summed E-state index contributed by atoms with van der Waals surface area (Å²) in [6.45, 7) is 2.37. The molecular weight excluding hydrogens is 464 g/mol. The van der Waals surface area contributed by atoms with Gasteiger partial charge in [-0.25, -0.2) is 0 Å². The number of carbonyl (C=O) groups is 1. The van der Waals surface area contributed by atoms with E-state index in [4.69, 9.17) is 23.7 Å². The van der Waals surface area contributed by atoms with Crippen molar-refractivity contribution < 1.29 is 33.6 Å². The van der Waals surface area contributed by atoms with Gasteiger partial charge in [0, 0.05) is 17.9 Å². The minimum absolute atomic E-state index is 0.0602. The number of carbonyl (C=O) groups excluding carboxylic acids is 1. The van der Waals surface area contributed by atoms with Crippen molar-refractivity contribution in [2.24, 2.45) is 11.8 Å². The molecule has 2 aliphatic heterocycles. The Morgan fingerprint density at radius 1 is 1.00 bits per heavy atom. The van der Waals surface area contributed by atoms with E-state index in [1.165, 1.54) is 14.2 Å². The number of unbranched alkanes of at least 4 members (excludes halogenated alkanes) is 1. The van der Waals surface area contributed by atoms with Gasteiger partial charge in [0.25, 0.3) is 0 Å². The monoisotopic (exact) mass is 498 g/mol. The van der Waals surface area contributed by atoms with E-state index in [-0.39, 0.29) is 47.9 Å². The summed E-state index contributed by atoms with van der Waals surface area (Å²) in [5, 5.41) is 14.2. The normalized spacial score (nSPS) is 23.9. The van der Waals surface area contributed by atoms with E-state index in [1.807, 2.05) is 12.1 Å². The second kappa shape index (κ2) is 10.1. The average molecular weight is 499 g/mol. The molecule has 3 aliphatic rings. The highest BCUT2D eigenvalue weighted by atomic mass is 16.7. The first-order chi connectivity index (χ1) is 17.4. The number of esters is 1. The van der Waals surface area contributed by atoms with Gasteiger partial charge in [-0.3, -0.25) is 4.79 Å². The second-order valence-corrected chi connectivity index (χ2v) is 9.85. The average Bonchev–Trinajstić information content (AvgIpc) is 3.48. The van der Waals surface area contributed by atoms with Crippen LogP contribution in [0.25, 0.3) is 0 Å². The zero-order chi connectivity index (χ0) is 25.4. The minimum Gasteiger partial charge on any atom is -0.502 e. The maximum Gasteiger partial charge on any atom is 0.310 e. The van der Waals surface area contributed by atoms with Crippen molar-refractivity contribution in [1.82, 2.24) is 10.2 Å². The van der Waals surface area contributed by atoms with Crippen LogP contribution in [0, 0.1) is 11.8 Å². The van der Waals surface area contributed by atoms with Crippen LogP contribution in [0.3, 0.4) is 0 Å². The lowest BCUT2D eigenvalue weighted by Crippen LogP contribution is -2.41. The van der Waals surface area contributed by atoms with E-state index >= 15 is 0 Å². The Kier molecular flexibility index (Phi) is 6.85. The fourth-order valence-electron chi connectivity index (χ4n) is 5.73.